The molecule has 0 aliphatic rings. The summed E-state index contributed by atoms with van der Waals surface area (Å²) in [6.07, 6.45) is 1.79. The number of aromatic nitrogens is 2. The monoisotopic (exact) mass is 278 g/mol. The minimum absolute atomic E-state index is 0.251. The molecule has 0 fully saturated rings. The lowest BCUT2D eigenvalue weighted by Crippen LogP contribution is -2.36. The highest BCUT2D eigenvalue weighted by molar-refractivity contribution is 7.18. The van der Waals surface area contributed by atoms with Crippen LogP contribution in [0.5, 0.6) is 0 Å². The van der Waals surface area contributed by atoms with E-state index in [1.807, 2.05) is 13.8 Å². The molecule has 102 valence electrons. The summed E-state index contributed by atoms with van der Waals surface area (Å²) in [5.41, 5.74) is 6.01. The van der Waals surface area contributed by atoms with Gasteiger partial charge in [-0.2, -0.15) is 0 Å². The van der Waals surface area contributed by atoms with Crippen LogP contribution in [0.2, 0.25) is 0 Å². The Morgan fingerprint density at radius 1 is 1.42 bits per heavy atom. The number of primary amides is 1. The normalized spacial score (nSPS) is 11.8. The van der Waals surface area contributed by atoms with Crippen molar-refractivity contribution in [3.63, 3.8) is 0 Å². The number of nitrogens with two attached hydrogens (primary N) is 1. The molecule has 5 nitrogen and oxygen atoms in total. The average Bonchev–Trinajstić information content (AvgIpc) is 2.53. The smallest absolute Gasteiger partial charge is 0.219 e. The van der Waals surface area contributed by atoms with Gasteiger partial charge in [-0.25, -0.2) is 9.97 Å². The number of nitrogens with zero attached hydrogens (tertiary/aromatic N) is 2. The van der Waals surface area contributed by atoms with Gasteiger partial charge in [0, 0.05) is 16.8 Å². The lowest BCUT2D eigenvalue weighted by molar-refractivity contribution is -0.118. The fraction of sp³-hybridized carbons (Fsp3) is 0.462. The number of hydrogen-bond acceptors (Lipinski definition) is 5. The van der Waals surface area contributed by atoms with E-state index < -0.39 is 5.54 Å². The molecular weight excluding hydrogens is 260 g/mol. The molecule has 6 heteroatoms. The molecule has 2 heterocycles. The van der Waals surface area contributed by atoms with Crippen molar-refractivity contribution in [2.75, 3.05) is 5.32 Å². The molecule has 0 bridgehead atoms. The topological polar surface area (TPSA) is 80.9 Å². The van der Waals surface area contributed by atoms with Crippen LogP contribution in [0.3, 0.4) is 0 Å². The number of hydrogen-bond donors (Lipinski definition) is 2. The molecule has 2 aromatic rings. The largest absolute Gasteiger partial charge is 0.370 e. The molecule has 19 heavy (non-hydrogen) atoms. The second kappa shape index (κ2) is 4.77. The average molecular weight is 278 g/mol. The van der Waals surface area contributed by atoms with Crippen LogP contribution in [0, 0.1) is 13.8 Å². The van der Waals surface area contributed by atoms with E-state index >= 15 is 0 Å². The summed E-state index contributed by atoms with van der Waals surface area (Å²) in [6, 6.07) is 0. The highest BCUT2D eigenvalue weighted by atomic mass is 32.1. The number of fused-ring (bicyclic) bond motifs is 1. The van der Waals surface area contributed by atoms with E-state index in [4.69, 9.17) is 5.73 Å². The van der Waals surface area contributed by atoms with Gasteiger partial charge in [-0.15, -0.1) is 11.3 Å². The maximum Gasteiger partial charge on any atom is 0.219 e. The zero-order chi connectivity index (χ0) is 14.2. The SMILES string of the molecule is Cc1sc2ncnc(NC(C)(C)CC(N)=O)c2c1C. The minimum Gasteiger partial charge on any atom is -0.370 e. The standard InChI is InChI=1S/C13H18N4OS/c1-7-8(2)19-12-10(7)11(15-6-16-12)17-13(3,4)5-9(14)18/h6H,5H2,1-4H3,(H2,14,18)(H,15,16,17). The molecule has 0 aromatic carbocycles. The predicted octanol–water partition coefficient (Wildman–Crippen LogP) is 2.37. The first-order valence-electron chi connectivity index (χ1n) is 6.07. The van der Waals surface area contributed by atoms with Crippen LogP contribution in [-0.2, 0) is 4.79 Å². The quantitative estimate of drug-likeness (QED) is 0.899. The van der Waals surface area contributed by atoms with Crippen LogP contribution in [0.1, 0.15) is 30.7 Å². The summed E-state index contributed by atoms with van der Waals surface area (Å²) >= 11 is 1.65. The van der Waals surface area contributed by atoms with Crippen LogP contribution in [0.4, 0.5) is 5.82 Å². The van der Waals surface area contributed by atoms with Crippen molar-refractivity contribution in [1.29, 1.82) is 0 Å². The molecule has 0 atom stereocenters. The molecule has 0 aliphatic carbocycles. The maximum atomic E-state index is 11.1. The third kappa shape index (κ3) is 2.84. The number of carbonyl (C=O) groups excluding carboxylic acids is 1. The Bertz CT molecular complexity index is 633. The Balaban J connectivity index is 2.43. The van der Waals surface area contributed by atoms with Crippen molar-refractivity contribution >= 4 is 33.3 Å². The summed E-state index contributed by atoms with van der Waals surface area (Å²) in [4.78, 5) is 21.9. The fourth-order valence-corrected chi connectivity index (χ4v) is 3.07. The van der Waals surface area contributed by atoms with E-state index in [0.29, 0.717) is 0 Å². The maximum absolute atomic E-state index is 11.1. The van der Waals surface area contributed by atoms with Gasteiger partial charge in [-0.05, 0) is 33.3 Å². The van der Waals surface area contributed by atoms with Crippen molar-refractivity contribution in [2.24, 2.45) is 5.73 Å². The molecule has 1 amide bonds. The summed E-state index contributed by atoms with van der Waals surface area (Å²) in [6.45, 7) is 7.99. The Morgan fingerprint density at radius 3 is 2.74 bits per heavy atom. The van der Waals surface area contributed by atoms with Crippen molar-refractivity contribution in [2.45, 2.75) is 39.7 Å². The number of nitrogens with one attached hydrogen (secondary N) is 1. The Kier molecular flexibility index (Phi) is 3.45. The zero-order valence-electron chi connectivity index (χ0n) is 11.6. The first-order chi connectivity index (χ1) is 8.80. The number of anilines is 1. The van der Waals surface area contributed by atoms with Gasteiger partial charge in [0.15, 0.2) is 0 Å². The van der Waals surface area contributed by atoms with Gasteiger partial charge in [-0.1, -0.05) is 0 Å². The fourth-order valence-electron chi connectivity index (χ4n) is 2.08. The second-order valence-corrected chi connectivity index (χ2v) is 6.54. The number of rotatable bonds is 4. The third-order valence-electron chi connectivity index (χ3n) is 3.04. The summed E-state index contributed by atoms with van der Waals surface area (Å²) < 4.78 is 0. The van der Waals surface area contributed by atoms with Gasteiger partial charge in [0.05, 0.1) is 5.39 Å². The Hall–Kier alpha value is -1.69. The Labute approximate surface area is 116 Å². The van der Waals surface area contributed by atoms with E-state index in [1.165, 1.54) is 10.4 Å². The first kappa shape index (κ1) is 13.7. The minimum atomic E-state index is -0.435. The van der Waals surface area contributed by atoms with Gasteiger partial charge in [0.25, 0.3) is 0 Å². The van der Waals surface area contributed by atoms with E-state index in [0.717, 1.165) is 16.0 Å². The summed E-state index contributed by atoms with van der Waals surface area (Å²) in [5.74, 6) is 0.430. The van der Waals surface area contributed by atoms with Gasteiger partial charge in [0.2, 0.25) is 5.91 Å². The molecule has 2 aromatic heterocycles. The van der Waals surface area contributed by atoms with Crippen LogP contribution >= 0.6 is 11.3 Å². The van der Waals surface area contributed by atoms with Crippen molar-refractivity contribution in [3.05, 3.63) is 16.8 Å². The highest BCUT2D eigenvalue weighted by Gasteiger charge is 2.23. The highest BCUT2D eigenvalue weighted by Crippen LogP contribution is 2.33. The lowest BCUT2D eigenvalue weighted by Gasteiger charge is -2.25. The van der Waals surface area contributed by atoms with Crippen LogP contribution < -0.4 is 11.1 Å². The van der Waals surface area contributed by atoms with E-state index in [2.05, 4.69) is 29.1 Å². The molecule has 0 spiro atoms. The molecule has 0 radical (unpaired) electrons. The van der Waals surface area contributed by atoms with Crippen LogP contribution in [0.25, 0.3) is 10.2 Å². The predicted molar refractivity (Wildman–Crippen MR) is 78.4 cm³/mol. The molecule has 0 saturated heterocycles. The van der Waals surface area contributed by atoms with Gasteiger partial charge in [-0.3, -0.25) is 4.79 Å². The number of thiophene rings is 1. The summed E-state index contributed by atoms with van der Waals surface area (Å²) in [5, 5.41) is 4.33. The zero-order valence-corrected chi connectivity index (χ0v) is 12.4. The first-order valence-corrected chi connectivity index (χ1v) is 6.89. The second-order valence-electron chi connectivity index (χ2n) is 5.34. The van der Waals surface area contributed by atoms with E-state index in [9.17, 15) is 4.79 Å². The number of aryl methyl sites for hydroxylation is 2. The lowest BCUT2D eigenvalue weighted by atomic mass is 10.00. The van der Waals surface area contributed by atoms with E-state index in [1.54, 1.807) is 17.7 Å². The van der Waals surface area contributed by atoms with Gasteiger partial charge in [0.1, 0.15) is 17.0 Å². The van der Waals surface area contributed by atoms with Crippen LogP contribution in [0.15, 0.2) is 6.33 Å². The van der Waals surface area contributed by atoms with Crippen molar-refractivity contribution in [3.8, 4) is 0 Å². The number of amides is 1. The number of carbonyl (C=O) groups is 1. The van der Waals surface area contributed by atoms with Crippen LogP contribution in [-0.4, -0.2) is 21.4 Å². The Morgan fingerprint density at radius 2 is 2.11 bits per heavy atom. The molecule has 3 N–H and O–H groups in total. The molecule has 0 unspecified atom stereocenters. The van der Waals surface area contributed by atoms with Gasteiger partial charge >= 0.3 is 0 Å². The van der Waals surface area contributed by atoms with Crippen molar-refractivity contribution < 1.29 is 4.79 Å². The van der Waals surface area contributed by atoms with E-state index in [-0.39, 0.29) is 12.3 Å². The molecular formula is C13H18N4OS. The summed E-state index contributed by atoms with van der Waals surface area (Å²) in [7, 11) is 0. The third-order valence-corrected chi connectivity index (χ3v) is 4.15. The molecule has 2 rings (SSSR count). The van der Waals surface area contributed by atoms with Gasteiger partial charge < -0.3 is 11.1 Å². The van der Waals surface area contributed by atoms with Crippen molar-refractivity contribution in [1.82, 2.24) is 9.97 Å². The molecule has 0 aliphatic heterocycles. The molecule has 0 saturated carbocycles.